The van der Waals surface area contributed by atoms with Crippen molar-refractivity contribution in [1.29, 1.82) is 0 Å². The van der Waals surface area contributed by atoms with Crippen molar-refractivity contribution < 1.29 is 4.52 Å². The highest BCUT2D eigenvalue weighted by Crippen LogP contribution is 2.28. The van der Waals surface area contributed by atoms with Gasteiger partial charge >= 0.3 is 0 Å². The molecule has 19 heavy (non-hydrogen) atoms. The first-order valence-electron chi connectivity index (χ1n) is 6.35. The van der Waals surface area contributed by atoms with E-state index < -0.39 is 0 Å². The Labute approximate surface area is 117 Å². The largest absolute Gasteiger partial charge is 0.398 e. The van der Waals surface area contributed by atoms with Crippen LogP contribution in [0.2, 0.25) is 0 Å². The Bertz CT molecular complexity index is 551. The van der Waals surface area contributed by atoms with Crippen molar-refractivity contribution in [3.05, 3.63) is 35.5 Å². The minimum absolute atomic E-state index is 0.522. The molecule has 0 radical (unpaired) electrons. The average molecular weight is 277 g/mol. The maximum Gasteiger partial charge on any atom is 0.226 e. The third kappa shape index (κ3) is 3.99. The summed E-state index contributed by atoms with van der Waals surface area (Å²) < 4.78 is 5.21. The van der Waals surface area contributed by atoms with Crippen molar-refractivity contribution in [2.24, 2.45) is 5.92 Å². The van der Waals surface area contributed by atoms with Crippen molar-refractivity contribution >= 4 is 17.4 Å². The van der Waals surface area contributed by atoms with Crippen molar-refractivity contribution in [2.75, 3.05) is 5.73 Å². The topological polar surface area (TPSA) is 64.9 Å². The van der Waals surface area contributed by atoms with Crippen LogP contribution in [0.4, 0.5) is 5.69 Å². The Morgan fingerprint density at radius 3 is 2.84 bits per heavy atom. The van der Waals surface area contributed by atoms with Crippen LogP contribution in [0, 0.1) is 12.8 Å². The van der Waals surface area contributed by atoms with Crippen LogP contribution < -0.4 is 5.73 Å². The van der Waals surface area contributed by atoms with E-state index >= 15 is 0 Å². The van der Waals surface area contributed by atoms with Crippen LogP contribution in [0.5, 0.6) is 0 Å². The third-order valence-electron chi connectivity index (χ3n) is 2.62. The molecule has 0 bridgehead atoms. The summed E-state index contributed by atoms with van der Waals surface area (Å²) in [6.07, 6.45) is 0.824. The monoisotopic (exact) mass is 277 g/mol. The quantitative estimate of drug-likeness (QED) is 0.670. The molecule has 2 N–H and O–H groups in total. The first-order chi connectivity index (χ1) is 9.04. The lowest BCUT2D eigenvalue weighted by Gasteiger charge is -2.04. The molecule has 1 heterocycles. The number of aromatic nitrogens is 2. The molecule has 5 heteroatoms. The minimum Gasteiger partial charge on any atom is -0.398 e. The predicted octanol–water partition coefficient (Wildman–Crippen LogP) is 3.45. The minimum atomic E-state index is 0.522. The van der Waals surface area contributed by atoms with Crippen LogP contribution in [0.25, 0.3) is 0 Å². The third-order valence-corrected chi connectivity index (χ3v) is 3.70. The summed E-state index contributed by atoms with van der Waals surface area (Å²) in [5.74, 6) is 2.63. The van der Waals surface area contributed by atoms with E-state index in [-0.39, 0.29) is 0 Å². The SMILES string of the molecule is Cc1ccc(SCc2noc(CC(C)C)n2)c(N)c1. The molecule has 0 unspecified atom stereocenters. The van der Waals surface area contributed by atoms with Crippen LogP contribution in [-0.4, -0.2) is 10.1 Å². The molecule has 0 atom stereocenters. The molecule has 0 aliphatic carbocycles. The summed E-state index contributed by atoms with van der Waals surface area (Å²) in [5, 5.41) is 3.98. The Morgan fingerprint density at radius 1 is 1.37 bits per heavy atom. The van der Waals surface area contributed by atoms with Gasteiger partial charge in [-0.2, -0.15) is 4.98 Å². The molecular formula is C14H19N3OS. The van der Waals surface area contributed by atoms with Gasteiger partial charge in [-0.25, -0.2) is 0 Å². The molecule has 0 fully saturated rings. The molecule has 2 aromatic rings. The normalized spacial score (nSPS) is 11.2. The molecule has 4 nitrogen and oxygen atoms in total. The number of nitrogens with two attached hydrogens (primary N) is 1. The number of benzene rings is 1. The van der Waals surface area contributed by atoms with Gasteiger partial charge in [-0.1, -0.05) is 25.1 Å². The van der Waals surface area contributed by atoms with Crippen LogP contribution in [0.15, 0.2) is 27.6 Å². The van der Waals surface area contributed by atoms with Gasteiger partial charge in [0.1, 0.15) is 0 Å². The average Bonchev–Trinajstić information content (AvgIpc) is 2.74. The standard InChI is InChI=1S/C14H19N3OS/c1-9(2)6-14-16-13(17-18-14)8-19-12-5-4-10(3)7-11(12)15/h4-5,7,9H,6,8,15H2,1-3H3. The van der Waals surface area contributed by atoms with Gasteiger partial charge in [0, 0.05) is 17.0 Å². The molecule has 0 saturated carbocycles. The van der Waals surface area contributed by atoms with Gasteiger partial charge in [0.2, 0.25) is 5.89 Å². The van der Waals surface area contributed by atoms with Gasteiger partial charge in [0.15, 0.2) is 5.82 Å². The summed E-state index contributed by atoms with van der Waals surface area (Å²) >= 11 is 1.63. The smallest absolute Gasteiger partial charge is 0.226 e. The highest BCUT2D eigenvalue weighted by Gasteiger charge is 2.09. The van der Waals surface area contributed by atoms with Gasteiger partial charge in [0.05, 0.1) is 5.75 Å². The summed E-state index contributed by atoms with van der Waals surface area (Å²) in [5.41, 5.74) is 7.94. The second-order valence-electron chi connectivity index (χ2n) is 5.03. The molecule has 2 rings (SSSR count). The predicted molar refractivity (Wildman–Crippen MR) is 78.0 cm³/mol. The first kappa shape index (κ1) is 13.9. The van der Waals surface area contributed by atoms with Gasteiger partial charge < -0.3 is 10.3 Å². The highest BCUT2D eigenvalue weighted by molar-refractivity contribution is 7.98. The summed E-state index contributed by atoms with van der Waals surface area (Å²) in [6.45, 7) is 6.29. The first-order valence-corrected chi connectivity index (χ1v) is 7.33. The van der Waals surface area contributed by atoms with E-state index in [0.717, 1.165) is 22.8 Å². The van der Waals surface area contributed by atoms with Crippen molar-refractivity contribution in [2.45, 2.75) is 37.8 Å². The van der Waals surface area contributed by atoms with Crippen LogP contribution in [0.3, 0.4) is 0 Å². The summed E-state index contributed by atoms with van der Waals surface area (Å²) in [6, 6.07) is 6.06. The molecule has 0 amide bonds. The molecule has 0 spiro atoms. The maximum atomic E-state index is 5.97. The molecule has 1 aromatic carbocycles. The number of nitrogen functional groups attached to an aromatic ring is 1. The molecular weight excluding hydrogens is 258 g/mol. The van der Waals surface area contributed by atoms with E-state index in [1.54, 1.807) is 11.8 Å². The van der Waals surface area contributed by atoms with Gasteiger partial charge in [-0.15, -0.1) is 11.8 Å². The van der Waals surface area contributed by atoms with Crippen molar-refractivity contribution in [3.63, 3.8) is 0 Å². The zero-order valence-corrected chi connectivity index (χ0v) is 12.3. The van der Waals surface area contributed by atoms with Crippen LogP contribution in [-0.2, 0) is 12.2 Å². The fourth-order valence-electron chi connectivity index (χ4n) is 1.72. The molecule has 1 aromatic heterocycles. The second-order valence-corrected chi connectivity index (χ2v) is 6.05. The Balaban J connectivity index is 1.96. The van der Waals surface area contributed by atoms with Gasteiger partial charge in [-0.3, -0.25) is 0 Å². The zero-order chi connectivity index (χ0) is 13.8. The number of anilines is 1. The van der Waals surface area contributed by atoms with Crippen molar-refractivity contribution in [3.8, 4) is 0 Å². The number of hydrogen-bond donors (Lipinski definition) is 1. The number of rotatable bonds is 5. The molecule has 0 aliphatic heterocycles. The number of aryl methyl sites for hydroxylation is 1. The fourth-order valence-corrected chi connectivity index (χ4v) is 2.51. The van der Waals surface area contributed by atoms with Crippen LogP contribution >= 0.6 is 11.8 Å². The Morgan fingerprint density at radius 2 is 2.16 bits per heavy atom. The number of thioether (sulfide) groups is 1. The Hall–Kier alpha value is -1.49. The molecule has 102 valence electrons. The van der Waals surface area contributed by atoms with E-state index in [4.69, 9.17) is 10.3 Å². The summed E-state index contributed by atoms with van der Waals surface area (Å²) in [4.78, 5) is 5.43. The van der Waals surface area contributed by atoms with E-state index in [9.17, 15) is 0 Å². The molecule has 0 aliphatic rings. The second kappa shape index (κ2) is 6.10. The van der Waals surface area contributed by atoms with E-state index in [1.807, 2.05) is 19.1 Å². The maximum absolute atomic E-state index is 5.97. The summed E-state index contributed by atoms with van der Waals surface area (Å²) in [7, 11) is 0. The number of nitrogens with zero attached hydrogens (tertiary/aromatic N) is 2. The van der Waals surface area contributed by atoms with Crippen LogP contribution in [0.1, 0.15) is 31.1 Å². The van der Waals surface area contributed by atoms with E-state index in [0.29, 0.717) is 17.6 Å². The lowest BCUT2D eigenvalue weighted by Crippen LogP contribution is -1.94. The lowest BCUT2D eigenvalue weighted by atomic mass is 10.1. The Kier molecular flexibility index (Phi) is 4.47. The van der Waals surface area contributed by atoms with Gasteiger partial charge in [-0.05, 0) is 30.5 Å². The van der Waals surface area contributed by atoms with E-state index in [2.05, 4.69) is 30.1 Å². The molecule has 0 saturated heterocycles. The van der Waals surface area contributed by atoms with Gasteiger partial charge in [0.25, 0.3) is 0 Å². The lowest BCUT2D eigenvalue weighted by molar-refractivity contribution is 0.360. The van der Waals surface area contributed by atoms with Crippen molar-refractivity contribution in [1.82, 2.24) is 10.1 Å². The van der Waals surface area contributed by atoms with E-state index in [1.165, 1.54) is 5.56 Å². The highest BCUT2D eigenvalue weighted by atomic mass is 32.2. The zero-order valence-electron chi connectivity index (χ0n) is 11.5. The fraction of sp³-hybridized carbons (Fsp3) is 0.429. The number of hydrogen-bond acceptors (Lipinski definition) is 5.